The summed E-state index contributed by atoms with van der Waals surface area (Å²) >= 11 is 0.897. The lowest BCUT2D eigenvalue weighted by molar-refractivity contribution is 0.0542. The van der Waals surface area contributed by atoms with Gasteiger partial charge in [-0.25, -0.2) is 10.3 Å². The van der Waals surface area contributed by atoms with E-state index < -0.39 is 11.9 Å². The lowest BCUT2D eigenvalue weighted by Gasteiger charge is -1.96. The van der Waals surface area contributed by atoms with E-state index in [1.54, 1.807) is 0 Å². The van der Waals surface area contributed by atoms with Crippen LogP contribution in [0.1, 0.15) is 19.3 Å². The first kappa shape index (κ1) is 9.69. The molecule has 0 aliphatic heterocycles. The Kier molecular flexibility index (Phi) is 2.99. The molecule has 13 heavy (non-hydrogen) atoms. The van der Waals surface area contributed by atoms with Crippen LogP contribution in [0.5, 0.6) is 0 Å². The van der Waals surface area contributed by atoms with Crippen molar-refractivity contribution in [2.45, 2.75) is 0 Å². The molecule has 1 aromatic heterocycles. The normalized spacial score (nSPS) is 9.62. The number of thiophene rings is 1. The van der Waals surface area contributed by atoms with Gasteiger partial charge in [-0.15, -0.1) is 11.3 Å². The molecule has 0 saturated heterocycles. The first-order valence-corrected chi connectivity index (χ1v) is 4.13. The zero-order valence-corrected chi connectivity index (χ0v) is 7.55. The van der Waals surface area contributed by atoms with E-state index in [1.165, 1.54) is 19.2 Å². The highest BCUT2D eigenvalue weighted by molar-refractivity contribution is 7.15. The zero-order chi connectivity index (χ0) is 9.84. The predicted octanol–water partition coefficient (Wildman–Crippen LogP) is 0.738. The Morgan fingerprint density at radius 2 is 2.08 bits per heavy atom. The molecule has 5 nitrogen and oxygen atoms in total. The molecule has 1 aromatic rings. The molecule has 0 saturated carbocycles. The summed E-state index contributed by atoms with van der Waals surface area (Å²) in [7, 11) is 1.31. The Morgan fingerprint density at radius 3 is 2.54 bits per heavy atom. The molecule has 0 unspecified atom stereocenters. The second-order valence-corrected chi connectivity index (χ2v) is 3.19. The number of nitrogens with one attached hydrogen (secondary N) is 1. The Labute approximate surface area is 77.9 Å². The van der Waals surface area contributed by atoms with Crippen LogP contribution in [0.3, 0.4) is 0 Å². The minimum absolute atomic E-state index is 0.126. The fourth-order valence-electron chi connectivity index (χ4n) is 0.718. The molecule has 0 aliphatic carbocycles. The standard InChI is InChI=1S/C7H7NO4S/c1-12-8-6(9)4-2-3-5(13-4)7(10)11/h2-3H,1H3,(H,8,9)(H,10,11). The fraction of sp³-hybridized carbons (Fsp3) is 0.143. The highest BCUT2D eigenvalue weighted by Crippen LogP contribution is 2.15. The molecule has 0 fully saturated rings. The molecule has 0 aromatic carbocycles. The minimum Gasteiger partial charge on any atom is -0.477 e. The largest absolute Gasteiger partial charge is 0.477 e. The van der Waals surface area contributed by atoms with Crippen molar-refractivity contribution in [2.75, 3.05) is 7.11 Å². The maximum Gasteiger partial charge on any atom is 0.345 e. The molecule has 0 bridgehead atoms. The first-order chi connectivity index (χ1) is 6.15. The second-order valence-electron chi connectivity index (χ2n) is 2.10. The van der Waals surface area contributed by atoms with Gasteiger partial charge in [-0.3, -0.25) is 9.63 Å². The molecule has 2 N–H and O–H groups in total. The average molecular weight is 201 g/mol. The van der Waals surface area contributed by atoms with Gasteiger partial charge >= 0.3 is 5.97 Å². The fourth-order valence-corrected chi connectivity index (χ4v) is 1.45. The van der Waals surface area contributed by atoms with Crippen molar-refractivity contribution in [3.8, 4) is 0 Å². The van der Waals surface area contributed by atoms with Crippen molar-refractivity contribution in [1.29, 1.82) is 0 Å². The number of carboxylic acid groups (broad SMARTS) is 1. The van der Waals surface area contributed by atoms with Gasteiger partial charge < -0.3 is 5.11 Å². The van der Waals surface area contributed by atoms with Gasteiger partial charge in [0, 0.05) is 0 Å². The van der Waals surface area contributed by atoms with E-state index in [0.29, 0.717) is 4.88 Å². The Bertz CT molecular complexity index is 333. The van der Waals surface area contributed by atoms with Crippen molar-refractivity contribution in [1.82, 2.24) is 5.48 Å². The SMILES string of the molecule is CONC(=O)c1ccc(C(=O)O)s1. The molecule has 0 spiro atoms. The lowest BCUT2D eigenvalue weighted by Crippen LogP contribution is -2.20. The van der Waals surface area contributed by atoms with Crippen molar-refractivity contribution in [3.63, 3.8) is 0 Å². The Morgan fingerprint density at radius 1 is 1.46 bits per heavy atom. The summed E-state index contributed by atoms with van der Waals surface area (Å²) in [6, 6.07) is 2.81. The van der Waals surface area contributed by atoms with Crippen molar-refractivity contribution in [3.05, 3.63) is 21.9 Å². The number of rotatable bonds is 3. The quantitative estimate of drug-likeness (QED) is 0.707. The predicted molar refractivity (Wildman–Crippen MR) is 45.8 cm³/mol. The van der Waals surface area contributed by atoms with Crippen LogP contribution in [-0.4, -0.2) is 24.1 Å². The summed E-state index contributed by atoms with van der Waals surface area (Å²) in [6.45, 7) is 0. The van der Waals surface area contributed by atoms with Crippen molar-refractivity contribution >= 4 is 23.2 Å². The number of hydroxylamine groups is 1. The molecule has 0 aliphatic rings. The third-order valence-electron chi connectivity index (χ3n) is 1.24. The first-order valence-electron chi connectivity index (χ1n) is 3.31. The number of carbonyl (C=O) groups excluding carboxylic acids is 1. The van der Waals surface area contributed by atoms with Gasteiger partial charge in [0.15, 0.2) is 0 Å². The van der Waals surface area contributed by atoms with Crippen LogP contribution in [-0.2, 0) is 4.84 Å². The molecule has 1 rings (SSSR count). The number of hydrogen-bond acceptors (Lipinski definition) is 4. The van der Waals surface area contributed by atoms with Gasteiger partial charge in [0.1, 0.15) is 4.88 Å². The summed E-state index contributed by atoms with van der Waals surface area (Å²) in [5, 5.41) is 8.56. The van der Waals surface area contributed by atoms with Gasteiger partial charge in [0.05, 0.1) is 12.0 Å². The molecule has 0 atom stereocenters. The van der Waals surface area contributed by atoms with Crippen LogP contribution in [0.25, 0.3) is 0 Å². The molecule has 1 heterocycles. The number of amides is 1. The second kappa shape index (κ2) is 4.01. The number of hydrogen-bond donors (Lipinski definition) is 2. The van der Waals surface area contributed by atoms with Crippen molar-refractivity contribution < 1.29 is 19.5 Å². The molecular weight excluding hydrogens is 194 g/mol. The highest BCUT2D eigenvalue weighted by Gasteiger charge is 2.11. The maximum atomic E-state index is 11.1. The summed E-state index contributed by atoms with van der Waals surface area (Å²) in [5.74, 6) is -1.48. The van der Waals surface area contributed by atoms with Crippen LogP contribution in [0.4, 0.5) is 0 Å². The van der Waals surface area contributed by atoms with E-state index in [1.807, 2.05) is 0 Å². The minimum atomic E-state index is -1.04. The Hall–Kier alpha value is -1.40. The average Bonchev–Trinajstić information content (AvgIpc) is 2.52. The van der Waals surface area contributed by atoms with E-state index in [4.69, 9.17) is 5.11 Å². The van der Waals surface area contributed by atoms with E-state index >= 15 is 0 Å². The topological polar surface area (TPSA) is 75.6 Å². The van der Waals surface area contributed by atoms with Gasteiger partial charge in [-0.2, -0.15) is 0 Å². The molecule has 0 radical (unpaired) electrons. The van der Waals surface area contributed by atoms with Crippen molar-refractivity contribution in [2.24, 2.45) is 0 Å². The van der Waals surface area contributed by atoms with Crippen LogP contribution in [0.2, 0.25) is 0 Å². The smallest absolute Gasteiger partial charge is 0.345 e. The summed E-state index contributed by atoms with van der Waals surface area (Å²) in [6.07, 6.45) is 0. The van der Waals surface area contributed by atoms with Crippen LogP contribution in [0, 0.1) is 0 Å². The van der Waals surface area contributed by atoms with E-state index in [0.717, 1.165) is 11.3 Å². The summed E-state index contributed by atoms with van der Waals surface area (Å²) < 4.78 is 0. The summed E-state index contributed by atoms with van der Waals surface area (Å²) in [5.41, 5.74) is 2.09. The van der Waals surface area contributed by atoms with E-state index in [9.17, 15) is 9.59 Å². The van der Waals surface area contributed by atoms with Gasteiger partial charge in [0.25, 0.3) is 5.91 Å². The molecule has 1 amide bonds. The monoisotopic (exact) mass is 201 g/mol. The van der Waals surface area contributed by atoms with E-state index in [2.05, 4.69) is 10.3 Å². The number of carboxylic acids is 1. The number of aromatic carboxylic acids is 1. The van der Waals surface area contributed by atoms with Crippen LogP contribution in [0.15, 0.2) is 12.1 Å². The molecule has 6 heteroatoms. The highest BCUT2D eigenvalue weighted by atomic mass is 32.1. The maximum absolute atomic E-state index is 11.1. The number of carbonyl (C=O) groups is 2. The summed E-state index contributed by atoms with van der Waals surface area (Å²) in [4.78, 5) is 26.3. The van der Waals surface area contributed by atoms with E-state index in [-0.39, 0.29) is 4.88 Å². The Balaban J connectivity index is 2.79. The van der Waals surface area contributed by atoms with Gasteiger partial charge in [0.2, 0.25) is 0 Å². The molecule has 70 valence electrons. The lowest BCUT2D eigenvalue weighted by atomic mass is 10.4. The van der Waals surface area contributed by atoms with Crippen LogP contribution < -0.4 is 5.48 Å². The van der Waals surface area contributed by atoms with Crippen LogP contribution >= 0.6 is 11.3 Å². The third kappa shape index (κ3) is 2.27. The molecular formula is C7H7NO4S. The zero-order valence-electron chi connectivity index (χ0n) is 6.73. The third-order valence-corrected chi connectivity index (χ3v) is 2.31. The van der Waals surface area contributed by atoms with Gasteiger partial charge in [-0.05, 0) is 12.1 Å². The van der Waals surface area contributed by atoms with Gasteiger partial charge in [-0.1, -0.05) is 0 Å².